The van der Waals surface area contributed by atoms with E-state index in [2.05, 4.69) is 10.1 Å². The van der Waals surface area contributed by atoms with E-state index in [1.54, 1.807) is 31.2 Å². The number of benzene rings is 2. The third-order valence-electron chi connectivity index (χ3n) is 7.26. The molecule has 1 aliphatic heterocycles. The maximum Gasteiger partial charge on any atom is 0.405 e. The fourth-order valence-electron chi connectivity index (χ4n) is 5.69. The number of hydrogen-bond donors (Lipinski definition) is 1. The number of hydrogen-bond acceptors (Lipinski definition) is 8. The highest BCUT2D eigenvalue weighted by Crippen LogP contribution is 2.47. The molecule has 1 fully saturated rings. The smallest absolute Gasteiger partial charge is 0.405 e. The third-order valence-corrected chi connectivity index (χ3v) is 8.46. The van der Waals surface area contributed by atoms with Crippen LogP contribution in [0.15, 0.2) is 53.6 Å². The van der Waals surface area contributed by atoms with Crippen molar-refractivity contribution in [3.05, 3.63) is 92.6 Å². The number of amides is 1. The van der Waals surface area contributed by atoms with Gasteiger partial charge in [0.2, 0.25) is 5.78 Å². The van der Waals surface area contributed by atoms with E-state index in [1.165, 1.54) is 23.7 Å². The van der Waals surface area contributed by atoms with Crippen LogP contribution in [0.25, 0.3) is 5.69 Å². The molecule has 1 amide bonds. The summed E-state index contributed by atoms with van der Waals surface area (Å²) < 4.78 is 35.8. The molecular weight excluding hydrogens is 566 g/mol. The van der Waals surface area contributed by atoms with Crippen LogP contribution in [-0.2, 0) is 11.3 Å². The Labute approximate surface area is 244 Å². The van der Waals surface area contributed by atoms with Crippen LogP contribution in [0.2, 0.25) is 0 Å². The molecule has 0 aliphatic carbocycles. The number of aromatic nitrogens is 4. The molecule has 0 saturated carbocycles. The number of thiazole rings is 1. The lowest BCUT2D eigenvalue weighted by molar-refractivity contribution is -0.0614. The molecule has 4 aromatic rings. The van der Waals surface area contributed by atoms with Gasteiger partial charge in [0.25, 0.3) is 0 Å². The van der Waals surface area contributed by atoms with E-state index in [-0.39, 0.29) is 29.3 Å². The van der Waals surface area contributed by atoms with Crippen molar-refractivity contribution < 1.29 is 23.1 Å². The standard InChI is InChI=1S/C29H30F2N6O4S/c1-16-23(42-26(34-16)36-14-29(5,41-25(32)39)24(36)28(2,3)4)22(38)17-9-11-18(12-10-17)37-27(40)35(15-33-37)13-19-20(30)7-6-8-21(19)31/h6-12,15,24H,13-14H2,1-5H3,(H2,32,39). The Morgan fingerprint density at radius 2 is 1.79 bits per heavy atom. The van der Waals surface area contributed by atoms with Crippen LogP contribution in [0.3, 0.4) is 0 Å². The SMILES string of the molecule is Cc1nc(N2CC(C)(OC(N)=O)C2C(C)(C)C)sc1C(=O)c1ccc(-n2ncn(Cc3c(F)cccc3F)c2=O)cc1. The Kier molecular flexibility index (Phi) is 7.25. The number of ketones is 1. The van der Waals surface area contributed by atoms with E-state index >= 15 is 0 Å². The first kappa shape index (κ1) is 29.1. The van der Waals surface area contributed by atoms with Crippen LogP contribution in [0.1, 0.15) is 54.2 Å². The summed E-state index contributed by atoms with van der Waals surface area (Å²) in [6.07, 6.45) is 0.365. The number of nitrogens with two attached hydrogens (primary N) is 1. The topological polar surface area (TPSA) is 125 Å². The predicted octanol–water partition coefficient (Wildman–Crippen LogP) is 4.45. The summed E-state index contributed by atoms with van der Waals surface area (Å²) in [6, 6.07) is 9.60. The van der Waals surface area contributed by atoms with E-state index in [1.807, 2.05) is 32.6 Å². The van der Waals surface area contributed by atoms with E-state index in [4.69, 9.17) is 10.5 Å². The lowest BCUT2D eigenvalue weighted by atomic mass is 9.70. The highest BCUT2D eigenvalue weighted by atomic mass is 32.1. The van der Waals surface area contributed by atoms with Crippen LogP contribution >= 0.6 is 11.3 Å². The fourth-order valence-corrected chi connectivity index (χ4v) is 6.74. The summed E-state index contributed by atoms with van der Waals surface area (Å²) >= 11 is 1.26. The number of nitrogens with zero attached hydrogens (tertiary/aromatic N) is 5. The van der Waals surface area contributed by atoms with Crippen molar-refractivity contribution in [2.75, 3.05) is 11.4 Å². The Morgan fingerprint density at radius 1 is 1.14 bits per heavy atom. The molecule has 1 aliphatic rings. The van der Waals surface area contributed by atoms with Crippen molar-refractivity contribution in [1.82, 2.24) is 19.3 Å². The Balaban J connectivity index is 1.35. The second-order valence-electron chi connectivity index (χ2n) is 11.6. The van der Waals surface area contributed by atoms with E-state index < -0.39 is 29.0 Å². The van der Waals surface area contributed by atoms with Crippen LogP contribution in [0.5, 0.6) is 0 Å². The quantitative estimate of drug-likeness (QED) is 0.313. The van der Waals surface area contributed by atoms with Crippen LogP contribution in [0, 0.1) is 24.0 Å². The zero-order chi connectivity index (χ0) is 30.6. The van der Waals surface area contributed by atoms with Gasteiger partial charge in [0, 0.05) is 11.1 Å². The number of primary amides is 1. The van der Waals surface area contributed by atoms with Crippen molar-refractivity contribution in [3.8, 4) is 5.69 Å². The van der Waals surface area contributed by atoms with Crippen LogP contribution < -0.4 is 16.3 Å². The number of anilines is 1. The Hall–Kier alpha value is -4.39. The van der Waals surface area contributed by atoms with Gasteiger partial charge in [0.05, 0.1) is 35.4 Å². The van der Waals surface area contributed by atoms with Gasteiger partial charge in [-0.15, -0.1) is 0 Å². The maximum atomic E-state index is 14.1. The number of carbonyl (C=O) groups is 2. The van der Waals surface area contributed by atoms with Gasteiger partial charge in [-0.2, -0.15) is 9.78 Å². The number of halogens is 2. The molecular formula is C29H30F2N6O4S. The summed E-state index contributed by atoms with van der Waals surface area (Å²) in [5, 5.41) is 4.71. The molecule has 13 heteroatoms. The summed E-state index contributed by atoms with van der Waals surface area (Å²) in [5.41, 5.74) is 4.75. The summed E-state index contributed by atoms with van der Waals surface area (Å²) in [4.78, 5) is 45.0. The van der Waals surface area contributed by atoms with Gasteiger partial charge in [-0.05, 0) is 55.7 Å². The van der Waals surface area contributed by atoms with Crippen molar-refractivity contribution >= 4 is 28.3 Å². The molecule has 2 N–H and O–H groups in total. The predicted molar refractivity (Wildman–Crippen MR) is 153 cm³/mol. The minimum absolute atomic E-state index is 0.210. The van der Waals surface area contributed by atoms with Gasteiger partial charge >= 0.3 is 11.8 Å². The number of aryl methyl sites for hydroxylation is 1. The molecule has 2 aromatic heterocycles. The molecule has 0 bridgehead atoms. The average Bonchev–Trinajstić information content (AvgIpc) is 3.45. The van der Waals surface area contributed by atoms with E-state index in [0.717, 1.165) is 21.4 Å². The van der Waals surface area contributed by atoms with E-state index in [0.29, 0.717) is 33.5 Å². The molecule has 0 radical (unpaired) electrons. The van der Waals surface area contributed by atoms with Gasteiger partial charge in [-0.1, -0.05) is 38.2 Å². The Bertz CT molecular complexity index is 1720. The maximum absolute atomic E-state index is 14.1. The fraction of sp³-hybridized carbons (Fsp3) is 0.345. The summed E-state index contributed by atoms with van der Waals surface area (Å²) in [5.74, 6) is -1.75. The van der Waals surface area contributed by atoms with Crippen LogP contribution in [0.4, 0.5) is 18.7 Å². The monoisotopic (exact) mass is 596 g/mol. The molecule has 2 unspecified atom stereocenters. The normalized spacial score (nSPS) is 18.5. The molecule has 2 atom stereocenters. The minimum Gasteiger partial charge on any atom is -0.439 e. The summed E-state index contributed by atoms with van der Waals surface area (Å²) in [7, 11) is 0. The molecule has 10 nitrogen and oxygen atoms in total. The lowest BCUT2D eigenvalue weighted by Crippen LogP contribution is -2.74. The average molecular weight is 597 g/mol. The van der Waals surface area contributed by atoms with Crippen LogP contribution in [-0.4, -0.2) is 49.4 Å². The second-order valence-corrected chi connectivity index (χ2v) is 12.5. The van der Waals surface area contributed by atoms with Crippen molar-refractivity contribution in [3.63, 3.8) is 0 Å². The molecule has 220 valence electrons. The zero-order valence-electron chi connectivity index (χ0n) is 23.7. The van der Waals surface area contributed by atoms with Crippen molar-refractivity contribution in [2.45, 2.75) is 52.8 Å². The molecule has 0 spiro atoms. The highest BCUT2D eigenvalue weighted by Gasteiger charge is 2.58. The third kappa shape index (κ3) is 5.20. The van der Waals surface area contributed by atoms with Gasteiger partial charge in [-0.3, -0.25) is 9.36 Å². The van der Waals surface area contributed by atoms with Gasteiger partial charge in [0.1, 0.15) is 23.6 Å². The molecule has 5 rings (SSSR count). The molecule has 42 heavy (non-hydrogen) atoms. The second kappa shape index (κ2) is 10.5. The van der Waals surface area contributed by atoms with Crippen molar-refractivity contribution in [1.29, 1.82) is 0 Å². The number of ether oxygens (including phenoxy) is 1. The first-order chi connectivity index (χ1) is 19.7. The highest BCUT2D eigenvalue weighted by molar-refractivity contribution is 7.17. The summed E-state index contributed by atoms with van der Waals surface area (Å²) in [6.45, 7) is 9.77. The largest absolute Gasteiger partial charge is 0.439 e. The minimum atomic E-state index is -0.839. The zero-order valence-corrected chi connectivity index (χ0v) is 24.5. The van der Waals surface area contributed by atoms with Gasteiger partial charge < -0.3 is 15.4 Å². The van der Waals surface area contributed by atoms with Gasteiger partial charge in [0.15, 0.2) is 5.13 Å². The Morgan fingerprint density at radius 3 is 2.38 bits per heavy atom. The van der Waals surface area contributed by atoms with E-state index in [9.17, 15) is 23.2 Å². The number of carbonyl (C=O) groups excluding carboxylic acids is 2. The van der Waals surface area contributed by atoms with Gasteiger partial charge in [-0.25, -0.2) is 23.4 Å². The lowest BCUT2D eigenvalue weighted by Gasteiger charge is -2.59. The first-order valence-electron chi connectivity index (χ1n) is 13.1. The molecule has 2 aromatic carbocycles. The number of rotatable bonds is 7. The molecule has 1 saturated heterocycles. The first-order valence-corrected chi connectivity index (χ1v) is 14.0. The van der Waals surface area contributed by atoms with Crippen molar-refractivity contribution in [2.24, 2.45) is 11.1 Å². The molecule has 3 heterocycles.